The molecule has 1 aromatic carbocycles. The first kappa shape index (κ1) is 12.5. The van der Waals surface area contributed by atoms with E-state index in [4.69, 9.17) is 5.14 Å². The summed E-state index contributed by atoms with van der Waals surface area (Å²) in [5, 5.41) is 8.54. The highest BCUT2D eigenvalue weighted by Gasteiger charge is 2.14. The van der Waals surface area contributed by atoms with Crippen molar-refractivity contribution in [1.82, 2.24) is 5.32 Å². The maximum absolute atomic E-state index is 11.2. The standard InChI is InChI=1S/C12H18N2O2S/c13-17(15,16)12-7-3-4-10(8-12)9-14-11-5-1-2-6-11/h3-4,7-8,11,14H,1-2,5-6,9H2,(H2,13,15,16). The largest absolute Gasteiger partial charge is 0.310 e. The fourth-order valence-electron chi connectivity index (χ4n) is 2.22. The van der Waals surface area contributed by atoms with Crippen molar-refractivity contribution in [3.63, 3.8) is 0 Å². The Morgan fingerprint density at radius 2 is 2.00 bits per heavy atom. The first-order valence-electron chi connectivity index (χ1n) is 5.91. The van der Waals surface area contributed by atoms with Crippen molar-refractivity contribution < 1.29 is 8.42 Å². The van der Waals surface area contributed by atoms with E-state index in [1.54, 1.807) is 12.1 Å². The molecule has 0 saturated heterocycles. The van der Waals surface area contributed by atoms with Gasteiger partial charge >= 0.3 is 0 Å². The molecule has 1 aliphatic carbocycles. The molecule has 0 radical (unpaired) electrons. The highest BCUT2D eigenvalue weighted by molar-refractivity contribution is 7.89. The number of nitrogens with one attached hydrogen (secondary N) is 1. The first-order chi connectivity index (χ1) is 8.05. The van der Waals surface area contributed by atoms with Crippen molar-refractivity contribution in [3.05, 3.63) is 29.8 Å². The van der Waals surface area contributed by atoms with Crippen LogP contribution in [0.15, 0.2) is 29.2 Å². The number of nitrogens with two attached hydrogens (primary N) is 1. The normalized spacial score (nSPS) is 17.5. The number of sulfonamides is 1. The number of hydrogen-bond donors (Lipinski definition) is 2. The molecule has 0 aromatic heterocycles. The van der Waals surface area contributed by atoms with Crippen LogP contribution in [0.5, 0.6) is 0 Å². The van der Waals surface area contributed by atoms with Crippen LogP contribution in [-0.2, 0) is 16.6 Å². The lowest BCUT2D eigenvalue weighted by atomic mass is 10.2. The van der Waals surface area contributed by atoms with Crippen molar-refractivity contribution in [3.8, 4) is 0 Å². The maximum atomic E-state index is 11.2. The van der Waals surface area contributed by atoms with E-state index in [-0.39, 0.29) is 4.90 Å². The summed E-state index contributed by atoms with van der Waals surface area (Å²) in [6.07, 6.45) is 5.01. The number of hydrogen-bond acceptors (Lipinski definition) is 3. The Kier molecular flexibility index (Phi) is 3.81. The molecule has 0 spiro atoms. The number of benzene rings is 1. The van der Waals surface area contributed by atoms with E-state index in [9.17, 15) is 8.42 Å². The van der Waals surface area contributed by atoms with E-state index in [1.165, 1.54) is 31.7 Å². The number of rotatable bonds is 4. The first-order valence-corrected chi connectivity index (χ1v) is 7.45. The summed E-state index contributed by atoms with van der Waals surface area (Å²) in [5.74, 6) is 0. The van der Waals surface area contributed by atoms with Gasteiger partial charge in [0.05, 0.1) is 4.90 Å². The molecule has 1 fully saturated rings. The highest BCUT2D eigenvalue weighted by atomic mass is 32.2. The topological polar surface area (TPSA) is 72.2 Å². The predicted molar refractivity (Wildman–Crippen MR) is 66.9 cm³/mol. The quantitative estimate of drug-likeness (QED) is 0.852. The molecule has 0 bridgehead atoms. The molecule has 0 atom stereocenters. The second-order valence-corrected chi connectivity index (χ2v) is 6.12. The van der Waals surface area contributed by atoms with Crippen LogP contribution < -0.4 is 10.5 Å². The van der Waals surface area contributed by atoms with Gasteiger partial charge in [-0.05, 0) is 30.5 Å². The van der Waals surface area contributed by atoms with Gasteiger partial charge in [-0.1, -0.05) is 25.0 Å². The zero-order valence-electron chi connectivity index (χ0n) is 9.72. The molecule has 94 valence electrons. The molecule has 3 N–H and O–H groups in total. The zero-order chi connectivity index (χ0) is 12.3. The van der Waals surface area contributed by atoms with Crippen molar-refractivity contribution in [2.45, 2.75) is 43.2 Å². The predicted octanol–water partition coefficient (Wildman–Crippen LogP) is 1.37. The lowest BCUT2D eigenvalue weighted by Crippen LogP contribution is -2.25. The fraction of sp³-hybridized carbons (Fsp3) is 0.500. The number of primary sulfonamides is 1. The van der Waals surface area contributed by atoms with E-state index < -0.39 is 10.0 Å². The van der Waals surface area contributed by atoms with Crippen LogP contribution in [0.4, 0.5) is 0 Å². The summed E-state index contributed by atoms with van der Waals surface area (Å²) < 4.78 is 22.4. The van der Waals surface area contributed by atoms with Crippen molar-refractivity contribution in [2.24, 2.45) is 5.14 Å². The van der Waals surface area contributed by atoms with Gasteiger partial charge in [0.1, 0.15) is 0 Å². The van der Waals surface area contributed by atoms with Crippen LogP contribution in [0.1, 0.15) is 31.2 Å². The summed E-state index contributed by atoms with van der Waals surface area (Å²) in [7, 11) is -3.59. The summed E-state index contributed by atoms with van der Waals surface area (Å²) in [5.41, 5.74) is 0.962. The molecule has 1 aliphatic rings. The van der Waals surface area contributed by atoms with Crippen molar-refractivity contribution in [2.75, 3.05) is 0 Å². The lowest BCUT2D eigenvalue weighted by Gasteiger charge is -2.12. The molecule has 1 aromatic rings. The third kappa shape index (κ3) is 3.52. The Bertz CT molecular complexity index is 479. The lowest BCUT2D eigenvalue weighted by molar-refractivity contribution is 0.524. The smallest absolute Gasteiger partial charge is 0.238 e. The summed E-state index contributed by atoms with van der Waals surface area (Å²) >= 11 is 0. The van der Waals surface area contributed by atoms with E-state index in [1.807, 2.05) is 6.07 Å². The Labute approximate surface area is 102 Å². The molecule has 0 heterocycles. The Morgan fingerprint density at radius 3 is 2.65 bits per heavy atom. The minimum Gasteiger partial charge on any atom is -0.310 e. The van der Waals surface area contributed by atoms with Crippen LogP contribution in [0, 0.1) is 0 Å². The Balaban J connectivity index is 2.01. The second-order valence-electron chi connectivity index (χ2n) is 4.55. The summed E-state index contributed by atoms with van der Waals surface area (Å²) in [6, 6.07) is 7.38. The second kappa shape index (κ2) is 5.16. The summed E-state index contributed by atoms with van der Waals surface area (Å²) in [6.45, 7) is 0.702. The van der Waals surface area contributed by atoms with Crippen LogP contribution in [0.25, 0.3) is 0 Å². The minimum atomic E-state index is -3.59. The van der Waals surface area contributed by atoms with Gasteiger partial charge in [0.15, 0.2) is 0 Å². The Hall–Kier alpha value is -0.910. The molecular weight excluding hydrogens is 236 g/mol. The molecule has 1 saturated carbocycles. The molecule has 4 nitrogen and oxygen atoms in total. The van der Waals surface area contributed by atoms with Gasteiger partial charge in [-0.3, -0.25) is 0 Å². The molecular formula is C12H18N2O2S. The van der Waals surface area contributed by atoms with Crippen LogP contribution in [0.2, 0.25) is 0 Å². The van der Waals surface area contributed by atoms with Crippen molar-refractivity contribution in [1.29, 1.82) is 0 Å². The van der Waals surface area contributed by atoms with E-state index in [0.29, 0.717) is 12.6 Å². The molecule has 0 unspecified atom stereocenters. The third-order valence-corrected chi connectivity index (χ3v) is 4.09. The van der Waals surface area contributed by atoms with E-state index in [2.05, 4.69) is 5.32 Å². The average Bonchev–Trinajstić information content (AvgIpc) is 2.78. The molecule has 0 aliphatic heterocycles. The van der Waals surface area contributed by atoms with Gasteiger partial charge in [0.2, 0.25) is 10.0 Å². The SMILES string of the molecule is NS(=O)(=O)c1cccc(CNC2CCCC2)c1. The highest BCUT2D eigenvalue weighted by Crippen LogP contribution is 2.18. The zero-order valence-corrected chi connectivity index (χ0v) is 10.5. The third-order valence-electron chi connectivity index (χ3n) is 3.18. The van der Waals surface area contributed by atoms with Crippen LogP contribution in [0.3, 0.4) is 0 Å². The minimum absolute atomic E-state index is 0.184. The summed E-state index contributed by atoms with van der Waals surface area (Å²) in [4.78, 5) is 0.184. The fourth-order valence-corrected chi connectivity index (χ4v) is 2.81. The average molecular weight is 254 g/mol. The molecule has 17 heavy (non-hydrogen) atoms. The van der Waals surface area contributed by atoms with Gasteiger partial charge in [-0.2, -0.15) is 0 Å². The van der Waals surface area contributed by atoms with Crippen LogP contribution in [-0.4, -0.2) is 14.5 Å². The van der Waals surface area contributed by atoms with Crippen molar-refractivity contribution >= 4 is 10.0 Å². The van der Waals surface area contributed by atoms with Gasteiger partial charge in [0.25, 0.3) is 0 Å². The van der Waals surface area contributed by atoms with Gasteiger partial charge < -0.3 is 5.32 Å². The van der Waals surface area contributed by atoms with Gasteiger partial charge in [-0.25, -0.2) is 13.6 Å². The molecule has 2 rings (SSSR count). The molecule has 0 amide bonds. The maximum Gasteiger partial charge on any atom is 0.238 e. The van der Waals surface area contributed by atoms with Gasteiger partial charge in [0, 0.05) is 12.6 Å². The molecule has 5 heteroatoms. The van der Waals surface area contributed by atoms with Crippen LogP contribution >= 0.6 is 0 Å². The van der Waals surface area contributed by atoms with E-state index >= 15 is 0 Å². The Morgan fingerprint density at radius 1 is 1.29 bits per heavy atom. The monoisotopic (exact) mass is 254 g/mol. The van der Waals surface area contributed by atoms with Gasteiger partial charge in [-0.15, -0.1) is 0 Å². The van der Waals surface area contributed by atoms with E-state index in [0.717, 1.165) is 5.56 Å².